The highest BCUT2D eigenvalue weighted by Crippen LogP contribution is 2.25. The number of carbonyl (C=O) groups excluding carboxylic acids is 1. The predicted octanol–water partition coefficient (Wildman–Crippen LogP) is 2.11. The molecular weight excluding hydrogens is 284 g/mol. The van der Waals surface area contributed by atoms with Crippen molar-refractivity contribution >= 4 is 5.97 Å². The fraction of sp³-hybridized carbons (Fsp3) is 0.133. The molecule has 7 nitrogen and oxygen atoms in total. The van der Waals surface area contributed by atoms with E-state index in [4.69, 9.17) is 9.26 Å². The summed E-state index contributed by atoms with van der Waals surface area (Å²) in [5, 5.41) is 3.74. The van der Waals surface area contributed by atoms with Crippen molar-refractivity contribution in [1.82, 2.24) is 20.1 Å². The molecule has 3 rings (SSSR count). The van der Waals surface area contributed by atoms with E-state index < -0.39 is 12.1 Å². The van der Waals surface area contributed by atoms with E-state index in [0.29, 0.717) is 5.82 Å². The summed E-state index contributed by atoms with van der Waals surface area (Å²) in [5.41, 5.74) is 0.982. The molecule has 0 spiro atoms. The van der Waals surface area contributed by atoms with Gasteiger partial charge in [-0.05, 0) is 6.92 Å². The Morgan fingerprint density at radius 1 is 1.18 bits per heavy atom. The number of hydrogen-bond donors (Lipinski definition) is 0. The molecule has 0 aliphatic carbocycles. The van der Waals surface area contributed by atoms with E-state index in [1.165, 1.54) is 18.7 Å². The number of carbonyl (C=O) groups is 1. The van der Waals surface area contributed by atoms with E-state index in [1.807, 2.05) is 30.3 Å². The second-order valence-electron chi connectivity index (χ2n) is 4.50. The van der Waals surface area contributed by atoms with Crippen molar-refractivity contribution in [1.29, 1.82) is 0 Å². The van der Waals surface area contributed by atoms with Gasteiger partial charge in [0, 0.05) is 18.0 Å². The smallest absolute Gasteiger partial charge is 0.342 e. The minimum Gasteiger partial charge on any atom is -0.444 e. The van der Waals surface area contributed by atoms with Gasteiger partial charge in [-0.3, -0.25) is 0 Å². The zero-order valence-corrected chi connectivity index (χ0v) is 11.7. The monoisotopic (exact) mass is 296 g/mol. The summed E-state index contributed by atoms with van der Waals surface area (Å²) in [4.78, 5) is 24.0. The maximum absolute atomic E-state index is 12.2. The molecule has 0 radical (unpaired) electrons. The van der Waals surface area contributed by atoms with Gasteiger partial charge in [-0.25, -0.2) is 14.8 Å². The molecule has 0 bridgehead atoms. The fourth-order valence-electron chi connectivity index (χ4n) is 1.89. The van der Waals surface area contributed by atoms with Crippen LogP contribution in [0.5, 0.6) is 0 Å². The van der Waals surface area contributed by atoms with E-state index >= 15 is 0 Å². The van der Waals surface area contributed by atoms with Crippen molar-refractivity contribution < 1.29 is 14.1 Å². The van der Waals surface area contributed by atoms with Crippen LogP contribution in [0.3, 0.4) is 0 Å². The number of aryl methyl sites for hydroxylation is 1. The molecular formula is C15H12N4O3. The van der Waals surface area contributed by atoms with Gasteiger partial charge in [0.1, 0.15) is 6.33 Å². The lowest BCUT2D eigenvalue weighted by molar-refractivity contribution is 0.0313. The molecule has 1 aromatic carbocycles. The van der Waals surface area contributed by atoms with Crippen molar-refractivity contribution in [2.45, 2.75) is 13.0 Å². The Kier molecular flexibility index (Phi) is 3.86. The van der Waals surface area contributed by atoms with Gasteiger partial charge in [-0.1, -0.05) is 35.5 Å². The highest BCUT2D eigenvalue weighted by Gasteiger charge is 2.25. The fourth-order valence-corrected chi connectivity index (χ4v) is 1.89. The van der Waals surface area contributed by atoms with Gasteiger partial charge in [0.05, 0.1) is 5.56 Å². The third kappa shape index (κ3) is 2.98. The van der Waals surface area contributed by atoms with Crippen LogP contribution >= 0.6 is 0 Å². The highest BCUT2D eigenvalue weighted by atomic mass is 16.6. The Hall–Kier alpha value is -3.09. The highest BCUT2D eigenvalue weighted by molar-refractivity contribution is 5.88. The number of rotatable bonds is 4. The maximum atomic E-state index is 12.2. The summed E-state index contributed by atoms with van der Waals surface area (Å²) in [6, 6.07) is 9.18. The Bertz CT molecular complexity index is 759. The van der Waals surface area contributed by atoms with Gasteiger partial charge < -0.3 is 9.26 Å². The summed E-state index contributed by atoms with van der Waals surface area (Å²) < 4.78 is 10.7. The Labute approximate surface area is 126 Å². The summed E-state index contributed by atoms with van der Waals surface area (Å²) in [5.74, 6) is 0.120. The minimum atomic E-state index is -0.782. The first-order valence-corrected chi connectivity index (χ1v) is 6.55. The topological polar surface area (TPSA) is 91.0 Å². The Morgan fingerprint density at radius 2 is 1.91 bits per heavy atom. The van der Waals surface area contributed by atoms with Crippen molar-refractivity contribution in [3.05, 3.63) is 71.9 Å². The molecule has 3 aromatic rings. The standard InChI is InChI=1S/C15H12N4O3/c1-10-18-14(22-19-10)13(11-5-3-2-4-6-11)21-15(20)12-7-16-9-17-8-12/h2-9,13H,1H3. The normalized spacial score (nSPS) is 11.9. The number of benzene rings is 1. The quantitative estimate of drug-likeness (QED) is 0.681. The van der Waals surface area contributed by atoms with Crippen LogP contribution < -0.4 is 0 Å². The molecule has 0 saturated carbocycles. The van der Waals surface area contributed by atoms with E-state index in [-0.39, 0.29) is 11.5 Å². The molecule has 0 N–H and O–H groups in total. The Morgan fingerprint density at radius 3 is 2.55 bits per heavy atom. The van der Waals surface area contributed by atoms with Gasteiger partial charge in [0.25, 0.3) is 5.89 Å². The summed E-state index contributed by atoms with van der Waals surface area (Å²) >= 11 is 0. The van der Waals surface area contributed by atoms with Crippen LogP contribution in [-0.2, 0) is 4.74 Å². The van der Waals surface area contributed by atoms with Crippen LogP contribution in [0, 0.1) is 6.92 Å². The molecule has 1 atom stereocenters. The van der Waals surface area contributed by atoms with E-state index in [2.05, 4.69) is 20.1 Å². The van der Waals surface area contributed by atoms with Gasteiger partial charge in [-0.15, -0.1) is 0 Å². The second kappa shape index (κ2) is 6.13. The van der Waals surface area contributed by atoms with Gasteiger partial charge in [0.2, 0.25) is 6.10 Å². The SMILES string of the molecule is Cc1noc(C(OC(=O)c2cncnc2)c2ccccc2)n1. The Balaban J connectivity index is 1.91. The number of ether oxygens (including phenoxy) is 1. The third-order valence-corrected chi connectivity index (χ3v) is 2.89. The lowest BCUT2D eigenvalue weighted by atomic mass is 10.1. The molecule has 0 aliphatic heterocycles. The zero-order valence-electron chi connectivity index (χ0n) is 11.7. The van der Waals surface area contributed by atoms with Crippen LogP contribution in [0.4, 0.5) is 0 Å². The van der Waals surface area contributed by atoms with E-state index in [0.717, 1.165) is 5.56 Å². The van der Waals surface area contributed by atoms with Crippen molar-refractivity contribution in [3.63, 3.8) is 0 Å². The number of hydrogen-bond acceptors (Lipinski definition) is 7. The lowest BCUT2D eigenvalue weighted by Gasteiger charge is -2.14. The van der Waals surface area contributed by atoms with Crippen molar-refractivity contribution in [2.24, 2.45) is 0 Å². The molecule has 2 heterocycles. The van der Waals surface area contributed by atoms with E-state index in [1.54, 1.807) is 6.92 Å². The van der Waals surface area contributed by atoms with Crippen LogP contribution in [0.15, 0.2) is 53.6 Å². The molecule has 0 aliphatic rings. The lowest BCUT2D eigenvalue weighted by Crippen LogP contribution is -2.14. The van der Waals surface area contributed by atoms with Gasteiger partial charge in [0.15, 0.2) is 5.82 Å². The number of esters is 1. The largest absolute Gasteiger partial charge is 0.444 e. The average Bonchev–Trinajstić information content (AvgIpc) is 3.00. The zero-order chi connectivity index (χ0) is 15.4. The number of nitrogens with zero attached hydrogens (tertiary/aromatic N) is 4. The van der Waals surface area contributed by atoms with Crippen molar-refractivity contribution in [3.8, 4) is 0 Å². The van der Waals surface area contributed by atoms with E-state index in [9.17, 15) is 4.79 Å². The summed E-state index contributed by atoms with van der Waals surface area (Å²) in [6.07, 6.45) is 3.33. The predicted molar refractivity (Wildman–Crippen MR) is 74.8 cm³/mol. The molecule has 110 valence electrons. The van der Waals surface area contributed by atoms with Crippen LogP contribution in [-0.4, -0.2) is 26.1 Å². The second-order valence-corrected chi connectivity index (χ2v) is 4.50. The molecule has 0 saturated heterocycles. The first kappa shape index (κ1) is 13.9. The summed E-state index contributed by atoms with van der Waals surface area (Å²) in [7, 11) is 0. The molecule has 1 unspecified atom stereocenters. The molecule has 7 heteroatoms. The molecule has 0 amide bonds. The van der Waals surface area contributed by atoms with Crippen molar-refractivity contribution in [2.75, 3.05) is 0 Å². The maximum Gasteiger partial charge on any atom is 0.342 e. The minimum absolute atomic E-state index is 0.217. The van der Waals surface area contributed by atoms with Crippen LogP contribution in [0.1, 0.15) is 33.7 Å². The molecule has 0 fully saturated rings. The summed E-state index contributed by atoms with van der Waals surface area (Å²) in [6.45, 7) is 1.70. The first-order valence-electron chi connectivity index (χ1n) is 6.55. The molecule has 22 heavy (non-hydrogen) atoms. The van der Waals surface area contributed by atoms with Crippen LogP contribution in [0.2, 0.25) is 0 Å². The third-order valence-electron chi connectivity index (χ3n) is 2.89. The van der Waals surface area contributed by atoms with Gasteiger partial charge >= 0.3 is 5.97 Å². The average molecular weight is 296 g/mol. The molecule has 2 aromatic heterocycles. The first-order chi connectivity index (χ1) is 10.7. The van der Waals surface area contributed by atoms with Crippen LogP contribution in [0.25, 0.3) is 0 Å². The van der Waals surface area contributed by atoms with Gasteiger partial charge in [-0.2, -0.15) is 4.98 Å². The number of aromatic nitrogens is 4.